The van der Waals surface area contributed by atoms with Gasteiger partial charge in [-0.3, -0.25) is 4.98 Å². The molecule has 0 N–H and O–H groups in total. The maximum atomic E-state index is 5.83. The zero-order valence-electron chi connectivity index (χ0n) is 8.85. The van der Waals surface area contributed by atoms with Gasteiger partial charge in [0.25, 0.3) is 0 Å². The summed E-state index contributed by atoms with van der Waals surface area (Å²) in [4.78, 5) is 8.16. The zero-order chi connectivity index (χ0) is 11.5. The van der Waals surface area contributed by atoms with E-state index in [1.54, 1.807) is 32.5 Å². The van der Waals surface area contributed by atoms with Crippen molar-refractivity contribution in [2.24, 2.45) is 0 Å². The number of hydrogen-bond acceptors (Lipinski definition) is 5. The van der Waals surface area contributed by atoms with Crippen molar-refractivity contribution in [2.75, 3.05) is 7.11 Å². The van der Waals surface area contributed by atoms with Crippen molar-refractivity contribution >= 4 is 11.6 Å². The molecular formula is C10H10ClN3O2. The first-order valence-electron chi connectivity index (χ1n) is 4.68. The Kier molecular flexibility index (Phi) is 3.05. The van der Waals surface area contributed by atoms with Crippen LogP contribution in [0.2, 0.25) is 0 Å². The molecule has 84 valence electrons. The van der Waals surface area contributed by atoms with E-state index in [1.807, 2.05) is 0 Å². The Morgan fingerprint density at radius 1 is 1.44 bits per heavy atom. The first-order valence-corrected chi connectivity index (χ1v) is 5.11. The highest BCUT2D eigenvalue weighted by molar-refractivity contribution is 6.20. The molecule has 1 unspecified atom stereocenters. The summed E-state index contributed by atoms with van der Waals surface area (Å²) in [6.45, 7) is 1.77. The lowest BCUT2D eigenvalue weighted by atomic mass is 10.2. The van der Waals surface area contributed by atoms with Crippen molar-refractivity contribution in [3.05, 3.63) is 24.4 Å². The van der Waals surface area contributed by atoms with Crippen molar-refractivity contribution in [2.45, 2.75) is 12.3 Å². The predicted octanol–water partition coefficient (Wildman–Crippen LogP) is 2.44. The van der Waals surface area contributed by atoms with Crippen LogP contribution in [0.15, 0.2) is 23.0 Å². The predicted molar refractivity (Wildman–Crippen MR) is 58.3 cm³/mol. The Hall–Kier alpha value is -1.62. The summed E-state index contributed by atoms with van der Waals surface area (Å²) in [6, 6.07) is 1.78. The number of hydrogen-bond donors (Lipinski definition) is 0. The Balaban J connectivity index is 2.34. The molecule has 6 heteroatoms. The van der Waals surface area contributed by atoms with E-state index in [2.05, 4.69) is 15.1 Å². The molecule has 0 saturated heterocycles. The Morgan fingerprint density at radius 3 is 2.88 bits per heavy atom. The van der Waals surface area contributed by atoms with Gasteiger partial charge < -0.3 is 9.26 Å². The van der Waals surface area contributed by atoms with Gasteiger partial charge in [0.15, 0.2) is 0 Å². The van der Waals surface area contributed by atoms with Crippen molar-refractivity contribution in [3.63, 3.8) is 0 Å². The van der Waals surface area contributed by atoms with Crippen LogP contribution in [0.3, 0.4) is 0 Å². The third-order valence-corrected chi connectivity index (χ3v) is 2.18. The Morgan fingerprint density at radius 2 is 2.25 bits per heavy atom. The molecule has 0 aromatic carbocycles. The zero-order valence-corrected chi connectivity index (χ0v) is 9.60. The van der Waals surface area contributed by atoms with E-state index in [0.717, 1.165) is 5.56 Å². The van der Waals surface area contributed by atoms with Crippen LogP contribution in [0.25, 0.3) is 11.4 Å². The van der Waals surface area contributed by atoms with Gasteiger partial charge in [-0.2, -0.15) is 4.98 Å². The lowest BCUT2D eigenvalue weighted by Gasteiger charge is -1.99. The minimum Gasteiger partial charge on any atom is -0.495 e. The van der Waals surface area contributed by atoms with E-state index < -0.39 is 0 Å². The number of ether oxygens (including phenoxy) is 1. The smallest absolute Gasteiger partial charge is 0.244 e. The fourth-order valence-electron chi connectivity index (χ4n) is 1.17. The number of halogens is 1. The van der Waals surface area contributed by atoms with Crippen LogP contribution in [0, 0.1) is 0 Å². The SMILES string of the molecule is COc1cncc(-c2noc(C(C)Cl)n2)c1. The molecule has 2 aromatic rings. The summed E-state index contributed by atoms with van der Waals surface area (Å²) < 4.78 is 10.0. The van der Waals surface area contributed by atoms with Gasteiger partial charge in [-0.1, -0.05) is 5.16 Å². The number of aromatic nitrogens is 3. The number of pyridine rings is 1. The van der Waals surface area contributed by atoms with E-state index in [9.17, 15) is 0 Å². The quantitative estimate of drug-likeness (QED) is 0.770. The lowest BCUT2D eigenvalue weighted by Crippen LogP contribution is -1.88. The van der Waals surface area contributed by atoms with Gasteiger partial charge in [-0.05, 0) is 13.0 Å². The summed E-state index contributed by atoms with van der Waals surface area (Å²) >= 11 is 5.83. The summed E-state index contributed by atoms with van der Waals surface area (Å²) in [6.07, 6.45) is 3.24. The highest BCUT2D eigenvalue weighted by Gasteiger charge is 2.13. The molecular weight excluding hydrogens is 230 g/mol. The summed E-state index contributed by atoms with van der Waals surface area (Å²) in [5.41, 5.74) is 0.728. The van der Waals surface area contributed by atoms with Gasteiger partial charge in [-0.25, -0.2) is 0 Å². The van der Waals surface area contributed by atoms with Crippen LogP contribution in [-0.2, 0) is 0 Å². The van der Waals surface area contributed by atoms with Gasteiger partial charge in [0.1, 0.15) is 11.1 Å². The molecule has 0 aliphatic rings. The molecule has 2 aromatic heterocycles. The first kappa shape index (κ1) is 10.9. The molecule has 0 bridgehead atoms. The maximum absolute atomic E-state index is 5.83. The fraction of sp³-hybridized carbons (Fsp3) is 0.300. The van der Waals surface area contributed by atoms with E-state index in [1.165, 1.54) is 0 Å². The van der Waals surface area contributed by atoms with Crippen LogP contribution in [0.1, 0.15) is 18.2 Å². The molecule has 2 rings (SSSR count). The third kappa shape index (κ3) is 2.14. The standard InChI is InChI=1S/C10H10ClN3O2/c1-6(11)10-13-9(14-16-10)7-3-8(15-2)5-12-4-7/h3-6H,1-2H3. The van der Waals surface area contributed by atoms with E-state index in [4.69, 9.17) is 20.9 Å². The van der Waals surface area contributed by atoms with Crippen LogP contribution in [-0.4, -0.2) is 22.2 Å². The normalized spacial score (nSPS) is 12.4. The Labute approximate surface area is 97.4 Å². The number of methoxy groups -OCH3 is 1. The van der Waals surface area contributed by atoms with Gasteiger partial charge >= 0.3 is 0 Å². The molecule has 1 atom stereocenters. The highest BCUT2D eigenvalue weighted by Crippen LogP contribution is 2.23. The lowest BCUT2D eigenvalue weighted by molar-refractivity contribution is 0.379. The molecule has 0 aliphatic heterocycles. The molecule has 0 fully saturated rings. The van der Waals surface area contributed by atoms with Gasteiger partial charge in [0.05, 0.1) is 13.3 Å². The molecule has 16 heavy (non-hydrogen) atoms. The highest BCUT2D eigenvalue weighted by atomic mass is 35.5. The monoisotopic (exact) mass is 239 g/mol. The molecule has 0 aliphatic carbocycles. The third-order valence-electron chi connectivity index (χ3n) is 1.99. The van der Waals surface area contributed by atoms with Crippen molar-refractivity contribution in [1.82, 2.24) is 15.1 Å². The van der Waals surface area contributed by atoms with Crippen molar-refractivity contribution in [3.8, 4) is 17.1 Å². The van der Waals surface area contributed by atoms with Gasteiger partial charge in [0, 0.05) is 11.8 Å². The van der Waals surface area contributed by atoms with Crippen LogP contribution in [0.5, 0.6) is 5.75 Å². The summed E-state index contributed by atoms with van der Waals surface area (Å²) in [5, 5.41) is 3.51. The topological polar surface area (TPSA) is 61.0 Å². The minimum atomic E-state index is -0.306. The summed E-state index contributed by atoms with van der Waals surface area (Å²) in [5.74, 6) is 1.48. The maximum Gasteiger partial charge on any atom is 0.244 e. The molecule has 0 radical (unpaired) electrons. The van der Waals surface area contributed by atoms with Crippen LogP contribution < -0.4 is 4.74 Å². The van der Waals surface area contributed by atoms with Gasteiger partial charge in [0.2, 0.25) is 11.7 Å². The van der Waals surface area contributed by atoms with E-state index in [-0.39, 0.29) is 5.38 Å². The second kappa shape index (κ2) is 4.49. The average Bonchev–Trinajstić information content (AvgIpc) is 2.78. The van der Waals surface area contributed by atoms with E-state index in [0.29, 0.717) is 17.5 Å². The molecule has 0 amide bonds. The fourth-order valence-corrected chi connectivity index (χ4v) is 1.26. The minimum absolute atomic E-state index is 0.306. The van der Waals surface area contributed by atoms with Gasteiger partial charge in [-0.15, -0.1) is 11.6 Å². The summed E-state index contributed by atoms with van der Waals surface area (Å²) in [7, 11) is 1.57. The Bertz CT molecular complexity index is 484. The number of alkyl halides is 1. The van der Waals surface area contributed by atoms with Crippen molar-refractivity contribution < 1.29 is 9.26 Å². The average molecular weight is 240 g/mol. The second-order valence-electron chi connectivity index (χ2n) is 3.19. The molecule has 5 nitrogen and oxygen atoms in total. The second-order valence-corrected chi connectivity index (χ2v) is 3.84. The van der Waals surface area contributed by atoms with E-state index >= 15 is 0 Å². The molecule has 0 spiro atoms. The largest absolute Gasteiger partial charge is 0.495 e. The first-order chi connectivity index (χ1) is 7.70. The molecule has 2 heterocycles. The number of rotatable bonds is 3. The van der Waals surface area contributed by atoms with Crippen molar-refractivity contribution in [1.29, 1.82) is 0 Å². The van der Waals surface area contributed by atoms with Crippen LogP contribution >= 0.6 is 11.6 Å². The molecule has 0 saturated carbocycles. The number of nitrogens with zero attached hydrogens (tertiary/aromatic N) is 3. The van der Waals surface area contributed by atoms with Crippen LogP contribution in [0.4, 0.5) is 0 Å².